The van der Waals surface area contributed by atoms with Crippen LogP contribution in [-0.2, 0) is 4.74 Å². The van der Waals surface area contributed by atoms with Gasteiger partial charge in [-0.05, 0) is 39.0 Å². The third kappa shape index (κ3) is 3.10. The average Bonchev–Trinajstić information content (AvgIpc) is 2.57. The third-order valence-corrected chi connectivity index (χ3v) is 3.48. The van der Waals surface area contributed by atoms with E-state index in [2.05, 4.69) is 0 Å². The van der Waals surface area contributed by atoms with Crippen LogP contribution in [0.3, 0.4) is 0 Å². The van der Waals surface area contributed by atoms with E-state index in [4.69, 9.17) is 10.6 Å². The van der Waals surface area contributed by atoms with E-state index in [9.17, 15) is 4.79 Å². The number of piperidine rings is 1. The zero-order chi connectivity index (χ0) is 12.6. The number of hydrogen-bond acceptors (Lipinski definition) is 4. The third-order valence-electron chi connectivity index (χ3n) is 3.48. The van der Waals surface area contributed by atoms with Gasteiger partial charge in [0.05, 0.1) is 0 Å². The molecule has 2 atom stereocenters. The van der Waals surface area contributed by atoms with Gasteiger partial charge in [0.2, 0.25) is 0 Å². The number of amides is 1. The molecule has 98 valence electrons. The maximum atomic E-state index is 11.9. The van der Waals surface area contributed by atoms with Crippen molar-refractivity contribution in [3.63, 3.8) is 0 Å². The van der Waals surface area contributed by atoms with Gasteiger partial charge >= 0.3 is 6.09 Å². The molecule has 2 unspecified atom stereocenters. The first-order valence-corrected chi connectivity index (χ1v) is 6.33. The molecule has 2 rings (SSSR count). The lowest BCUT2D eigenvalue weighted by molar-refractivity contribution is 0.0284. The van der Waals surface area contributed by atoms with Gasteiger partial charge in [0, 0.05) is 26.2 Å². The van der Waals surface area contributed by atoms with Crippen LogP contribution in [0.25, 0.3) is 0 Å². The molecule has 0 aromatic carbocycles. The Labute approximate surface area is 103 Å². The first kappa shape index (κ1) is 12.6. The van der Waals surface area contributed by atoms with Crippen LogP contribution in [0.4, 0.5) is 4.79 Å². The zero-order valence-electron chi connectivity index (χ0n) is 11.0. The lowest BCUT2D eigenvalue weighted by atomic mass is 9.90. The Kier molecular flexibility index (Phi) is 3.32. The number of likely N-dealkylation sites (tertiary alicyclic amines) is 1. The van der Waals surface area contributed by atoms with Crippen LogP contribution in [0.2, 0.25) is 0 Å². The zero-order valence-corrected chi connectivity index (χ0v) is 11.0. The van der Waals surface area contributed by atoms with Crippen LogP contribution in [0.5, 0.6) is 0 Å². The predicted molar refractivity (Wildman–Crippen MR) is 65.2 cm³/mol. The lowest BCUT2D eigenvalue weighted by Gasteiger charge is -2.30. The van der Waals surface area contributed by atoms with E-state index in [1.165, 1.54) is 0 Å². The summed E-state index contributed by atoms with van der Waals surface area (Å²) in [4.78, 5) is 13.8. The average molecular weight is 241 g/mol. The molecule has 1 amide bonds. The molecule has 17 heavy (non-hydrogen) atoms. The highest BCUT2D eigenvalue weighted by Gasteiger charge is 2.39. The molecule has 5 nitrogen and oxygen atoms in total. The monoisotopic (exact) mass is 241 g/mol. The van der Waals surface area contributed by atoms with Gasteiger partial charge < -0.3 is 9.64 Å². The molecule has 2 N–H and O–H groups in total. The second-order valence-corrected chi connectivity index (χ2v) is 6.19. The smallest absolute Gasteiger partial charge is 0.410 e. The first-order chi connectivity index (χ1) is 7.85. The summed E-state index contributed by atoms with van der Waals surface area (Å²) in [5.41, 5.74) is -0.412. The summed E-state index contributed by atoms with van der Waals surface area (Å²) >= 11 is 0. The van der Waals surface area contributed by atoms with Gasteiger partial charge in [-0.1, -0.05) is 0 Å². The topological polar surface area (TPSA) is 58.8 Å². The number of ether oxygens (including phenoxy) is 1. The molecular weight excluding hydrogens is 218 g/mol. The Morgan fingerprint density at radius 1 is 1.24 bits per heavy atom. The van der Waals surface area contributed by atoms with E-state index < -0.39 is 5.60 Å². The van der Waals surface area contributed by atoms with E-state index in [1.807, 2.05) is 30.7 Å². The van der Waals surface area contributed by atoms with Gasteiger partial charge in [-0.15, -0.1) is 0 Å². The largest absolute Gasteiger partial charge is 0.444 e. The number of rotatable bonds is 0. The van der Waals surface area contributed by atoms with Crippen molar-refractivity contribution in [1.82, 2.24) is 9.91 Å². The van der Waals surface area contributed by atoms with Gasteiger partial charge in [0.15, 0.2) is 0 Å². The van der Waals surface area contributed by atoms with Gasteiger partial charge in [-0.3, -0.25) is 5.84 Å². The second kappa shape index (κ2) is 4.46. The number of hydrogen-bond donors (Lipinski definition) is 1. The Hall–Kier alpha value is -0.810. The van der Waals surface area contributed by atoms with E-state index in [1.54, 1.807) is 0 Å². The summed E-state index contributed by atoms with van der Waals surface area (Å²) in [7, 11) is 0. The van der Waals surface area contributed by atoms with E-state index >= 15 is 0 Å². The second-order valence-electron chi connectivity index (χ2n) is 6.19. The SMILES string of the molecule is CC(C)(C)OC(=O)N1CC2CCN(N)CC2C1. The Bertz CT molecular complexity index is 301. The fourth-order valence-electron chi connectivity index (χ4n) is 2.67. The number of fused-ring (bicyclic) bond motifs is 1. The minimum Gasteiger partial charge on any atom is -0.444 e. The van der Waals surface area contributed by atoms with Crippen LogP contribution in [0.1, 0.15) is 27.2 Å². The first-order valence-electron chi connectivity index (χ1n) is 6.33. The molecular formula is C12H23N3O2. The van der Waals surface area contributed by atoms with Crippen LogP contribution in [0, 0.1) is 11.8 Å². The van der Waals surface area contributed by atoms with Crippen LogP contribution in [-0.4, -0.2) is 47.8 Å². The van der Waals surface area contributed by atoms with Crippen LogP contribution < -0.4 is 5.84 Å². The van der Waals surface area contributed by atoms with Gasteiger partial charge in [-0.2, -0.15) is 0 Å². The van der Waals surface area contributed by atoms with E-state index in [0.717, 1.165) is 32.6 Å². The molecule has 0 bridgehead atoms. The Morgan fingerprint density at radius 3 is 2.53 bits per heavy atom. The summed E-state index contributed by atoms with van der Waals surface area (Å²) in [6, 6.07) is 0. The van der Waals surface area contributed by atoms with E-state index in [-0.39, 0.29) is 6.09 Å². The molecule has 0 saturated carbocycles. The molecule has 0 aliphatic carbocycles. The fraction of sp³-hybridized carbons (Fsp3) is 0.917. The van der Waals surface area contributed by atoms with Crippen molar-refractivity contribution < 1.29 is 9.53 Å². The summed E-state index contributed by atoms with van der Waals surface area (Å²) in [5, 5.41) is 1.86. The standard InChI is InChI=1S/C12H23N3O2/c1-12(2,3)17-11(16)14-6-9-4-5-15(13)8-10(9)7-14/h9-10H,4-8,13H2,1-3H3. The predicted octanol–water partition coefficient (Wildman–Crippen LogP) is 1.05. The number of nitrogens with zero attached hydrogens (tertiary/aromatic N) is 2. The van der Waals surface area contributed by atoms with Crippen LogP contribution >= 0.6 is 0 Å². The molecule has 2 fully saturated rings. The van der Waals surface area contributed by atoms with Crippen molar-refractivity contribution in [2.75, 3.05) is 26.2 Å². The summed E-state index contributed by atoms with van der Waals surface area (Å²) < 4.78 is 5.40. The summed E-state index contributed by atoms with van der Waals surface area (Å²) in [5.74, 6) is 6.93. The summed E-state index contributed by atoms with van der Waals surface area (Å²) in [6.45, 7) is 9.13. The number of carbonyl (C=O) groups excluding carboxylic acids is 1. The van der Waals surface area contributed by atoms with Crippen molar-refractivity contribution in [2.45, 2.75) is 32.8 Å². The molecule has 5 heteroatoms. The molecule has 2 aliphatic heterocycles. The van der Waals surface area contributed by atoms with Crippen molar-refractivity contribution in [1.29, 1.82) is 0 Å². The molecule has 2 heterocycles. The fourth-order valence-corrected chi connectivity index (χ4v) is 2.67. The minimum absolute atomic E-state index is 0.185. The van der Waals surface area contributed by atoms with Crippen molar-refractivity contribution in [3.05, 3.63) is 0 Å². The molecule has 0 spiro atoms. The number of carbonyl (C=O) groups is 1. The van der Waals surface area contributed by atoms with Crippen molar-refractivity contribution in [3.8, 4) is 0 Å². The highest BCUT2D eigenvalue weighted by molar-refractivity contribution is 5.68. The van der Waals surface area contributed by atoms with Crippen molar-refractivity contribution >= 4 is 6.09 Å². The molecule has 2 saturated heterocycles. The molecule has 0 aromatic heterocycles. The van der Waals surface area contributed by atoms with Gasteiger partial charge in [-0.25, -0.2) is 9.80 Å². The van der Waals surface area contributed by atoms with E-state index in [0.29, 0.717) is 11.8 Å². The lowest BCUT2D eigenvalue weighted by Crippen LogP contribution is -2.44. The normalized spacial score (nSPS) is 30.2. The Balaban J connectivity index is 1.91. The number of nitrogens with two attached hydrogens (primary N) is 1. The highest BCUT2D eigenvalue weighted by Crippen LogP contribution is 2.30. The minimum atomic E-state index is -0.412. The highest BCUT2D eigenvalue weighted by atomic mass is 16.6. The van der Waals surface area contributed by atoms with Crippen LogP contribution in [0.15, 0.2) is 0 Å². The molecule has 0 radical (unpaired) electrons. The number of hydrazine groups is 1. The quantitative estimate of drug-likeness (QED) is 0.644. The summed E-state index contributed by atoms with van der Waals surface area (Å²) in [6.07, 6.45) is 0.899. The Morgan fingerprint density at radius 2 is 1.88 bits per heavy atom. The van der Waals surface area contributed by atoms with Gasteiger partial charge in [0.1, 0.15) is 5.60 Å². The maximum Gasteiger partial charge on any atom is 0.410 e. The molecule has 0 aromatic rings. The maximum absolute atomic E-state index is 11.9. The van der Waals surface area contributed by atoms with Gasteiger partial charge in [0.25, 0.3) is 0 Å². The van der Waals surface area contributed by atoms with Crippen molar-refractivity contribution in [2.24, 2.45) is 17.7 Å². The molecule has 2 aliphatic rings.